The standard InChI is InChI=1S/C17H20N4O4/c1-20-8-3-6-16(14(20)12-18-22)24-10-5-11-25-17-7-4-9-21(2)15(17)13-19-23/h3-4,6-9,12-13H,5,10-11H2,1-2H3/b14-12-,15-13+. The van der Waals surface area contributed by atoms with E-state index in [0.717, 1.165) is 0 Å². The van der Waals surface area contributed by atoms with Gasteiger partial charge in [0.1, 0.15) is 22.9 Å². The van der Waals surface area contributed by atoms with Crippen molar-refractivity contribution in [2.45, 2.75) is 6.42 Å². The molecule has 132 valence electrons. The highest BCUT2D eigenvalue weighted by Crippen LogP contribution is 2.22. The van der Waals surface area contributed by atoms with E-state index < -0.39 is 0 Å². The molecule has 0 bridgehead atoms. The van der Waals surface area contributed by atoms with Crippen molar-refractivity contribution < 1.29 is 9.47 Å². The molecule has 0 aliphatic carbocycles. The second-order valence-electron chi connectivity index (χ2n) is 5.26. The summed E-state index contributed by atoms with van der Waals surface area (Å²) in [7, 11) is 3.61. The molecule has 0 aromatic heterocycles. The predicted molar refractivity (Wildman–Crippen MR) is 94.2 cm³/mol. The van der Waals surface area contributed by atoms with Gasteiger partial charge in [0.15, 0.2) is 0 Å². The van der Waals surface area contributed by atoms with Gasteiger partial charge >= 0.3 is 0 Å². The Morgan fingerprint density at radius 1 is 0.880 bits per heavy atom. The van der Waals surface area contributed by atoms with Crippen LogP contribution in [0.15, 0.2) is 82.4 Å². The Bertz CT molecular complexity index is 631. The van der Waals surface area contributed by atoms with Crippen molar-refractivity contribution in [3.05, 3.63) is 81.8 Å². The third kappa shape index (κ3) is 4.90. The molecule has 0 N–H and O–H groups in total. The van der Waals surface area contributed by atoms with E-state index in [2.05, 4.69) is 10.4 Å². The zero-order valence-electron chi connectivity index (χ0n) is 14.2. The Morgan fingerprint density at radius 3 is 1.72 bits per heavy atom. The van der Waals surface area contributed by atoms with Gasteiger partial charge < -0.3 is 19.3 Å². The Labute approximate surface area is 146 Å². The molecule has 2 heterocycles. The molecular formula is C17H20N4O4. The van der Waals surface area contributed by atoms with Crippen LogP contribution in [0, 0.1) is 9.81 Å². The van der Waals surface area contributed by atoms with E-state index in [1.807, 2.05) is 38.6 Å². The second-order valence-corrected chi connectivity index (χ2v) is 5.26. The smallest absolute Gasteiger partial charge is 0.144 e. The van der Waals surface area contributed by atoms with Gasteiger partial charge in [-0.15, -0.1) is 9.81 Å². The highest BCUT2D eigenvalue weighted by Gasteiger charge is 2.15. The van der Waals surface area contributed by atoms with Crippen molar-refractivity contribution >= 4 is 0 Å². The van der Waals surface area contributed by atoms with E-state index in [4.69, 9.17) is 9.47 Å². The lowest BCUT2D eigenvalue weighted by molar-refractivity contribution is 0.150. The lowest BCUT2D eigenvalue weighted by atomic mass is 10.2. The highest BCUT2D eigenvalue weighted by atomic mass is 16.5. The molecule has 0 saturated carbocycles. The highest BCUT2D eigenvalue weighted by molar-refractivity contribution is 5.33. The van der Waals surface area contributed by atoms with Gasteiger partial charge in [0.2, 0.25) is 0 Å². The minimum Gasteiger partial charge on any atom is -0.491 e. The lowest BCUT2D eigenvalue weighted by Gasteiger charge is -2.24. The van der Waals surface area contributed by atoms with E-state index in [1.165, 1.54) is 12.4 Å². The van der Waals surface area contributed by atoms with Gasteiger partial charge in [0.05, 0.1) is 25.6 Å². The number of likely N-dealkylation sites (N-methyl/N-ethyl adjacent to an activating group) is 2. The summed E-state index contributed by atoms with van der Waals surface area (Å²) in [5, 5.41) is 5.61. The first-order valence-corrected chi connectivity index (χ1v) is 7.71. The lowest BCUT2D eigenvalue weighted by Crippen LogP contribution is -2.18. The van der Waals surface area contributed by atoms with Crippen molar-refractivity contribution in [1.29, 1.82) is 0 Å². The third-order valence-corrected chi connectivity index (χ3v) is 3.53. The summed E-state index contributed by atoms with van der Waals surface area (Å²) in [5.74, 6) is 1.16. The minimum absolute atomic E-state index is 0.410. The van der Waals surface area contributed by atoms with Crippen LogP contribution >= 0.6 is 0 Å². The topological polar surface area (TPSA) is 83.8 Å². The van der Waals surface area contributed by atoms with Crippen LogP contribution in [0.4, 0.5) is 0 Å². The average Bonchev–Trinajstić information content (AvgIpc) is 2.60. The van der Waals surface area contributed by atoms with Crippen molar-refractivity contribution in [1.82, 2.24) is 9.80 Å². The summed E-state index contributed by atoms with van der Waals surface area (Å²) in [6.07, 6.45) is 13.9. The van der Waals surface area contributed by atoms with Crippen molar-refractivity contribution in [3.8, 4) is 0 Å². The zero-order chi connectivity index (χ0) is 18.1. The van der Waals surface area contributed by atoms with Crippen LogP contribution in [-0.4, -0.2) is 37.1 Å². The van der Waals surface area contributed by atoms with Gasteiger partial charge in [-0.1, -0.05) is 0 Å². The summed E-state index contributed by atoms with van der Waals surface area (Å²) in [5.41, 5.74) is 1.20. The number of allylic oxidation sites excluding steroid dienone is 4. The molecule has 25 heavy (non-hydrogen) atoms. The molecule has 8 nitrogen and oxygen atoms in total. The Kier molecular flexibility index (Phi) is 6.70. The maximum Gasteiger partial charge on any atom is 0.144 e. The summed E-state index contributed by atoms with van der Waals surface area (Å²) in [6, 6.07) is 0. The average molecular weight is 344 g/mol. The van der Waals surface area contributed by atoms with Crippen molar-refractivity contribution in [2.24, 2.45) is 10.4 Å². The molecule has 0 spiro atoms. The molecule has 0 aromatic carbocycles. The summed E-state index contributed by atoms with van der Waals surface area (Å²) < 4.78 is 11.4. The van der Waals surface area contributed by atoms with Crippen LogP contribution in [0.2, 0.25) is 0 Å². The first-order valence-electron chi connectivity index (χ1n) is 7.71. The molecule has 8 heteroatoms. The Morgan fingerprint density at radius 2 is 1.32 bits per heavy atom. The molecule has 2 rings (SSSR count). The summed E-state index contributed by atoms with van der Waals surface area (Å²) >= 11 is 0. The fourth-order valence-corrected chi connectivity index (χ4v) is 2.27. The number of hydrogen-bond acceptors (Lipinski definition) is 8. The van der Waals surface area contributed by atoms with Crippen LogP contribution < -0.4 is 0 Å². The summed E-state index contributed by atoms with van der Waals surface area (Å²) in [6.45, 7) is 0.821. The summed E-state index contributed by atoms with van der Waals surface area (Å²) in [4.78, 5) is 24.5. The van der Waals surface area contributed by atoms with Crippen LogP contribution in [0.25, 0.3) is 0 Å². The number of hydrogen-bond donors (Lipinski definition) is 0. The quantitative estimate of drug-likeness (QED) is 0.496. The van der Waals surface area contributed by atoms with E-state index in [1.54, 1.807) is 22.0 Å². The van der Waals surface area contributed by atoms with Gasteiger partial charge in [0.25, 0.3) is 0 Å². The van der Waals surface area contributed by atoms with Gasteiger partial charge in [0, 0.05) is 32.9 Å². The minimum atomic E-state index is 0.410. The normalized spacial score (nSPS) is 19.8. The number of nitroso groups, excluding NO2 is 2. The van der Waals surface area contributed by atoms with Crippen LogP contribution in [-0.2, 0) is 9.47 Å². The van der Waals surface area contributed by atoms with Crippen molar-refractivity contribution in [3.63, 3.8) is 0 Å². The number of nitrogens with zero attached hydrogens (tertiary/aromatic N) is 4. The van der Waals surface area contributed by atoms with Crippen LogP contribution in [0.3, 0.4) is 0 Å². The Hall–Kier alpha value is -3.16. The molecule has 0 atom stereocenters. The SMILES string of the molecule is CN1C=CC=C(OCCCOC2=CC=CN(C)/C2=C/N=O)/C1=C/N=O. The molecule has 2 aliphatic heterocycles. The molecule has 0 aromatic rings. The van der Waals surface area contributed by atoms with Gasteiger partial charge in [-0.05, 0) is 34.7 Å². The number of ether oxygens (including phenoxy) is 2. The van der Waals surface area contributed by atoms with Gasteiger partial charge in [-0.3, -0.25) is 0 Å². The monoisotopic (exact) mass is 344 g/mol. The van der Waals surface area contributed by atoms with E-state index >= 15 is 0 Å². The van der Waals surface area contributed by atoms with Gasteiger partial charge in [-0.2, -0.15) is 0 Å². The zero-order valence-corrected chi connectivity index (χ0v) is 14.2. The molecule has 0 fully saturated rings. The fourth-order valence-electron chi connectivity index (χ4n) is 2.27. The van der Waals surface area contributed by atoms with E-state index in [0.29, 0.717) is 42.5 Å². The second kappa shape index (κ2) is 9.21. The molecule has 0 unspecified atom stereocenters. The number of rotatable bonds is 8. The first kappa shape index (κ1) is 18.2. The molecule has 0 radical (unpaired) electrons. The fraction of sp³-hybridized carbons (Fsp3) is 0.294. The van der Waals surface area contributed by atoms with Crippen LogP contribution in [0.5, 0.6) is 0 Å². The third-order valence-electron chi connectivity index (χ3n) is 3.53. The molecule has 0 amide bonds. The molecule has 0 saturated heterocycles. The molecular weight excluding hydrogens is 324 g/mol. The van der Waals surface area contributed by atoms with Gasteiger partial charge in [-0.25, -0.2) is 0 Å². The maximum absolute atomic E-state index is 10.5. The maximum atomic E-state index is 10.5. The van der Waals surface area contributed by atoms with E-state index in [-0.39, 0.29) is 0 Å². The largest absolute Gasteiger partial charge is 0.491 e. The van der Waals surface area contributed by atoms with Crippen LogP contribution in [0.1, 0.15) is 6.42 Å². The Balaban J connectivity index is 1.82. The van der Waals surface area contributed by atoms with E-state index in [9.17, 15) is 9.81 Å². The predicted octanol–water partition coefficient (Wildman–Crippen LogP) is 3.31. The first-order chi connectivity index (χ1) is 12.2. The molecule has 2 aliphatic rings. The van der Waals surface area contributed by atoms with Crippen molar-refractivity contribution in [2.75, 3.05) is 27.3 Å².